The van der Waals surface area contributed by atoms with Crippen LogP contribution < -0.4 is 19.6 Å². The highest BCUT2D eigenvalue weighted by atomic mass is 35.5. The normalized spacial score (nSPS) is 10.9. The van der Waals surface area contributed by atoms with E-state index < -0.39 is 5.91 Å². The minimum Gasteiger partial charge on any atom is -0.490 e. The van der Waals surface area contributed by atoms with Crippen LogP contribution >= 0.6 is 46.4 Å². The highest BCUT2D eigenvalue weighted by Gasteiger charge is 2.13. The van der Waals surface area contributed by atoms with Crippen molar-refractivity contribution in [2.24, 2.45) is 5.10 Å². The van der Waals surface area contributed by atoms with Gasteiger partial charge >= 0.3 is 0 Å². The van der Waals surface area contributed by atoms with Crippen LogP contribution in [0.25, 0.3) is 0 Å². The van der Waals surface area contributed by atoms with Crippen LogP contribution in [0.2, 0.25) is 20.1 Å². The Bertz CT molecular complexity index is 1490. The van der Waals surface area contributed by atoms with E-state index in [2.05, 4.69) is 10.5 Å². The van der Waals surface area contributed by atoms with Crippen LogP contribution in [0, 0.1) is 0 Å². The van der Waals surface area contributed by atoms with Crippen molar-refractivity contribution in [2.45, 2.75) is 20.1 Å². The van der Waals surface area contributed by atoms with Crippen LogP contribution in [0.1, 0.15) is 34.0 Å². The lowest BCUT2D eigenvalue weighted by Gasteiger charge is -2.13. The maximum atomic E-state index is 12.7. The lowest BCUT2D eigenvalue weighted by molar-refractivity contribution is 0.0954. The Labute approximate surface area is 252 Å². The molecule has 4 rings (SSSR count). The zero-order valence-electron chi connectivity index (χ0n) is 21.3. The topological polar surface area (TPSA) is 69.2 Å². The van der Waals surface area contributed by atoms with E-state index in [0.717, 1.165) is 11.1 Å². The third kappa shape index (κ3) is 8.05. The molecule has 0 saturated carbocycles. The molecule has 0 saturated heterocycles. The molecule has 0 aliphatic rings. The molecular weight excluding hydrogens is 594 g/mol. The highest BCUT2D eigenvalue weighted by molar-refractivity contribution is 6.37. The minimum absolute atomic E-state index is 0.152. The van der Waals surface area contributed by atoms with Gasteiger partial charge in [0.2, 0.25) is 0 Å². The van der Waals surface area contributed by atoms with Crippen molar-refractivity contribution in [3.63, 3.8) is 0 Å². The van der Waals surface area contributed by atoms with Crippen molar-refractivity contribution >= 4 is 58.5 Å². The second kappa shape index (κ2) is 14.3. The number of hydrazone groups is 1. The van der Waals surface area contributed by atoms with Crippen molar-refractivity contribution in [1.29, 1.82) is 0 Å². The van der Waals surface area contributed by atoms with Crippen LogP contribution in [0.3, 0.4) is 0 Å². The molecule has 40 heavy (non-hydrogen) atoms. The van der Waals surface area contributed by atoms with Crippen LogP contribution in [0.15, 0.2) is 84.0 Å². The van der Waals surface area contributed by atoms with Gasteiger partial charge in [-0.1, -0.05) is 82.8 Å². The number of carbonyl (C=O) groups is 1. The van der Waals surface area contributed by atoms with Crippen molar-refractivity contribution in [3.05, 3.63) is 121 Å². The first-order valence-corrected chi connectivity index (χ1v) is 13.7. The van der Waals surface area contributed by atoms with E-state index in [1.807, 2.05) is 37.3 Å². The summed E-state index contributed by atoms with van der Waals surface area (Å²) in [6, 6.07) is 23.1. The summed E-state index contributed by atoms with van der Waals surface area (Å²) in [5.74, 6) is 0.872. The Hall–Kier alpha value is -3.42. The Morgan fingerprint density at radius 3 is 2.25 bits per heavy atom. The van der Waals surface area contributed by atoms with Gasteiger partial charge in [0.15, 0.2) is 17.2 Å². The molecule has 1 N–H and O–H groups in total. The van der Waals surface area contributed by atoms with E-state index in [1.165, 1.54) is 6.21 Å². The van der Waals surface area contributed by atoms with Gasteiger partial charge in [-0.05, 0) is 60.5 Å². The smallest absolute Gasteiger partial charge is 0.271 e. The second-order valence-electron chi connectivity index (χ2n) is 8.41. The monoisotopic (exact) mass is 616 g/mol. The molecule has 206 valence electrons. The summed E-state index contributed by atoms with van der Waals surface area (Å²) in [6.45, 7) is 2.80. The molecule has 0 fully saturated rings. The molecule has 0 atom stereocenters. The van der Waals surface area contributed by atoms with Crippen LogP contribution in [-0.2, 0) is 13.2 Å². The summed E-state index contributed by atoms with van der Waals surface area (Å²) in [4.78, 5) is 12.7. The number of hydrogen-bond acceptors (Lipinski definition) is 5. The average Bonchev–Trinajstić information content (AvgIpc) is 2.93. The van der Waals surface area contributed by atoms with E-state index in [9.17, 15) is 4.79 Å². The van der Waals surface area contributed by atoms with Gasteiger partial charge < -0.3 is 14.2 Å². The summed E-state index contributed by atoms with van der Waals surface area (Å²) in [7, 11) is 0. The maximum Gasteiger partial charge on any atom is 0.271 e. The van der Waals surface area contributed by atoms with Crippen molar-refractivity contribution in [2.75, 3.05) is 6.61 Å². The molecule has 0 radical (unpaired) electrons. The van der Waals surface area contributed by atoms with Crippen molar-refractivity contribution in [1.82, 2.24) is 5.43 Å². The summed E-state index contributed by atoms with van der Waals surface area (Å²) < 4.78 is 17.4. The first-order chi connectivity index (χ1) is 19.3. The Kier molecular flexibility index (Phi) is 10.6. The fourth-order valence-corrected chi connectivity index (χ4v) is 4.66. The van der Waals surface area contributed by atoms with Gasteiger partial charge in [0, 0.05) is 21.2 Å². The van der Waals surface area contributed by atoms with Crippen LogP contribution in [-0.4, -0.2) is 18.7 Å². The number of carbonyl (C=O) groups excluding carboxylic acids is 1. The van der Waals surface area contributed by atoms with Gasteiger partial charge in [-0.15, -0.1) is 0 Å². The molecule has 4 aromatic rings. The van der Waals surface area contributed by atoms with E-state index in [0.29, 0.717) is 51.6 Å². The van der Waals surface area contributed by atoms with Gasteiger partial charge in [-0.3, -0.25) is 4.79 Å². The Balaban J connectivity index is 1.38. The van der Waals surface area contributed by atoms with E-state index in [-0.39, 0.29) is 16.7 Å². The fraction of sp³-hybridized carbons (Fsp3) is 0.133. The summed E-state index contributed by atoms with van der Waals surface area (Å²) in [6.07, 6.45) is 1.43. The van der Waals surface area contributed by atoms with E-state index >= 15 is 0 Å². The highest BCUT2D eigenvalue weighted by Crippen LogP contribution is 2.35. The first kappa shape index (κ1) is 29.6. The summed E-state index contributed by atoms with van der Waals surface area (Å²) in [5.41, 5.74) is 5.16. The number of nitrogens with one attached hydrogen (secondary N) is 1. The maximum absolute atomic E-state index is 12.7. The quantitative estimate of drug-likeness (QED) is 0.135. The molecule has 6 nitrogen and oxygen atoms in total. The van der Waals surface area contributed by atoms with Crippen molar-refractivity contribution in [3.8, 4) is 17.2 Å². The molecule has 10 heteroatoms. The standard InChI is InChI=1S/C30H24Cl4N2O4/c1-2-38-28-14-21(9-11-27(28)39-17-19-6-4-3-5-7-19)30(37)36-35-16-20-12-25(33)29(26(34)13-20)40-18-22-8-10-23(31)15-24(22)32/h3-16H,2,17-18H2,1H3,(H,36,37)/b35-16+. The average molecular weight is 618 g/mol. The van der Waals surface area contributed by atoms with Gasteiger partial charge in [-0.25, -0.2) is 5.43 Å². The number of amides is 1. The first-order valence-electron chi connectivity index (χ1n) is 12.2. The lowest BCUT2D eigenvalue weighted by Crippen LogP contribution is -2.17. The fourth-order valence-electron chi connectivity index (χ4n) is 3.58. The zero-order valence-corrected chi connectivity index (χ0v) is 24.3. The predicted molar refractivity (Wildman–Crippen MR) is 161 cm³/mol. The molecule has 0 aliphatic carbocycles. The van der Waals surface area contributed by atoms with Gasteiger partial charge in [0.1, 0.15) is 13.2 Å². The summed E-state index contributed by atoms with van der Waals surface area (Å²) >= 11 is 24.9. The molecule has 0 spiro atoms. The van der Waals surface area contributed by atoms with E-state index in [4.69, 9.17) is 60.6 Å². The second-order valence-corrected chi connectivity index (χ2v) is 10.1. The number of ether oxygens (including phenoxy) is 3. The summed E-state index contributed by atoms with van der Waals surface area (Å²) in [5, 5.41) is 5.59. The molecule has 0 unspecified atom stereocenters. The SMILES string of the molecule is CCOc1cc(C(=O)N/N=C/c2cc(Cl)c(OCc3ccc(Cl)cc3Cl)c(Cl)c2)ccc1OCc1ccccc1. The molecule has 0 aromatic heterocycles. The third-order valence-electron chi connectivity index (χ3n) is 5.53. The number of rotatable bonds is 11. The van der Waals surface area contributed by atoms with Gasteiger partial charge in [0.25, 0.3) is 5.91 Å². The Morgan fingerprint density at radius 1 is 0.800 bits per heavy atom. The third-order valence-corrected chi connectivity index (χ3v) is 6.68. The molecular formula is C30H24Cl4N2O4. The van der Waals surface area contributed by atoms with Crippen LogP contribution in [0.4, 0.5) is 0 Å². The molecule has 0 aliphatic heterocycles. The predicted octanol–water partition coefficient (Wildman–Crippen LogP) is 8.62. The molecule has 0 heterocycles. The van der Waals surface area contributed by atoms with Gasteiger partial charge in [-0.2, -0.15) is 5.10 Å². The number of nitrogens with zero attached hydrogens (tertiary/aromatic N) is 1. The Morgan fingerprint density at radius 2 is 1.55 bits per heavy atom. The molecule has 0 bridgehead atoms. The molecule has 1 amide bonds. The number of halogens is 4. The minimum atomic E-state index is -0.427. The number of benzene rings is 4. The largest absolute Gasteiger partial charge is 0.490 e. The number of hydrogen-bond donors (Lipinski definition) is 1. The lowest BCUT2D eigenvalue weighted by atomic mass is 10.2. The van der Waals surface area contributed by atoms with Crippen molar-refractivity contribution < 1.29 is 19.0 Å². The van der Waals surface area contributed by atoms with Crippen LogP contribution in [0.5, 0.6) is 17.2 Å². The zero-order chi connectivity index (χ0) is 28.5. The molecule has 4 aromatic carbocycles. The van der Waals surface area contributed by atoms with E-state index in [1.54, 1.807) is 48.5 Å². The van der Waals surface area contributed by atoms with Gasteiger partial charge in [0.05, 0.1) is 22.9 Å².